The van der Waals surface area contributed by atoms with Gasteiger partial charge in [0.05, 0.1) is 26.4 Å². The van der Waals surface area contributed by atoms with E-state index in [1.807, 2.05) is 6.92 Å². The summed E-state index contributed by atoms with van der Waals surface area (Å²) in [5.74, 6) is 1.77. The first-order valence-corrected chi connectivity index (χ1v) is 8.99. The largest absolute Gasteiger partial charge is 0.369 e. The summed E-state index contributed by atoms with van der Waals surface area (Å²) in [6, 6.07) is 0. The fourth-order valence-electron chi connectivity index (χ4n) is 2.01. The van der Waals surface area contributed by atoms with Gasteiger partial charge >= 0.3 is 0 Å². The third-order valence-corrected chi connectivity index (χ3v) is 4.80. The van der Waals surface area contributed by atoms with Gasteiger partial charge in [0.15, 0.2) is 0 Å². The van der Waals surface area contributed by atoms with Gasteiger partial charge in [-0.15, -0.1) is 11.3 Å². The molecular weight excluding hydrogens is 395 g/mol. The van der Waals surface area contributed by atoms with Crippen molar-refractivity contribution < 1.29 is 0 Å². The lowest BCUT2D eigenvalue weighted by Gasteiger charge is -2.22. The Morgan fingerprint density at radius 1 is 1.24 bits per heavy atom. The lowest BCUT2D eigenvalue weighted by atomic mass is 9.92. The van der Waals surface area contributed by atoms with Crippen molar-refractivity contribution in [1.82, 2.24) is 15.0 Å². The quantitative estimate of drug-likeness (QED) is 0.761. The second-order valence-electron chi connectivity index (χ2n) is 5.97. The molecule has 6 heteroatoms. The van der Waals surface area contributed by atoms with Crippen LogP contribution in [0.15, 0.2) is 5.38 Å². The summed E-state index contributed by atoms with van der Waals surface area (Å²) in [5.41, 5.74) is 2.13. The normalized spacial score (nSPS) is 11.7. The smallest absolute Gasteiger partial charge is 0.143 e. The lowest BCUT2D eigenvalue weighted by molar-refractivity contribution is 0.559. The van der Waals surface area contributed by atoms with Gasteiger partial charge < -0.3 is 5.32 Å². The number of thiazole rings is 1. The maximum atomic E-state index is 4.80. The molecule has 0 bridgehead atoms. The summed E-state index contributed by atoms with van der Waals surface area (Å²) in [5, 5.41) is 6.51. The van der Waals surface area contributed by atoms with Crippen molar-refractivity contribution in [3.8, 4) is 0 Å². The van der Waals surface area contributed by atoms with Crippen LogP contribution in [0.4, 0.5) is 5.82 Å². The van der Waals surface area contributed by atoms with Crippen molar-refractivity contribution in [1.29, 1.82) is 0 Å². The van der Waals surface area contributed by atoms with E-state index >= 15 is 0 Å². The maximum absolute atomic E-state index is 4.80. The Kier molecular flexibility index (Phi) is 5.19. The molecule has 0 radical (unpaired) electrons. The first-order valence-electron chi connectivity index (χ1n) is 7.03. The van der Waals surface area contributed by atoms with Gasteiger partial charge in [-0.25, -0.2) is 15.0 Å². The summed E-state index contributed by atoms with van der Waals surface area (Å²) in [6.45, 7) is 11.5. The Bertz CT molecular complexity index is 631. The van der Waals surface area contributed by atoms with E-state index in [-0.39, 0.29) is 5.41 Å². The minimum absolute atomic E-state index is 0.00360. The van der Waals surface area contributed by atoms with E-state index in [1.54, 1.807) is 11.3 Å². The molecule has 2 heterocycles. The van der Waals surface area contributed by atoms with E-state index in [4.69, 9.17) is 4.98 Å². The number of halogens is 1. The average Bonchev–Trinajstić information content (AvgIpc) is 2.77. The minimum Gasteiger partial charge on any atom is -0.369 e. The standard InChI is InChI=1S/C15H21IN4S/c1-6-17-14-12(16)13(15(3,4)5)19-11(20-14)7-10-8-21-9(2)18-10/h8H,6-7H2,1-5H3,(H,17,19,20). The van der Waals surface area contributed by atoms with Gasteiger partial charge in [0.25, 0.3) is 0 Å². The molecule has 0 spiro atoms. The molecule has 2 rings (SSSR count). The zero-order valence-electron chi connectivity index (χ0n) is 13.1. The average molecular weight is 416 g/mol. The monoisotopic (exact) mass is 416 g/mol. The molecule has 0 aliphatic rings. The Hall–Kier alpha value is -0.760. The van der Waals surface area contributed by atoms with Gasteiger partial charge in [-0.3, -0.25) is 0 Å². The van der Waals surface area contributed by atoms with Crippen LogP contribution in [0.2, 0.25) is 0 Å². The van der Waals surface area contributed by atoms with Crippen molar-refractivity contribution in [2.75, 3.05) is 11.9 Å². The lowest BCUT2D eigenvalue weighted by Crippen LogP contribution is -2.20. The van der Waals surface area contributed by atoms with Crippen LogP contribution in [0, 0.1) is 10.5 Å². The molecule has 0 fully saturated rings. The highest BCUT2D eigenvalue weighted by atomic mass is 127. The number of anilines is 1. The molecule has 0 atom stereocenters. The molecule has 4 nitrogen and oxygen atoms in total. The summed E-state index contributed by atoms with van der Waals surface area (Å²) < 4.78 is 1.11. The first-order chi connectivity index (χ1) is 9.81. The number of hydrogen-bond acceptors (Lipinski definition) is 5. The highest BCUT2D eigenvalue weighted by Gasteiger charge is 2.23. The predicted octanol–water partition coefficient (Wildman–Crippen LogP) is 4.17. The summed E-state index contributed by atoms with van der Waals surface area (Å²) in [6.07, 6.45) is 0.683. The molecule has 0 saturated carbocycles. The SMILES string of the molecule is CCNc1nc(Cc2csc(C)n2)nc(C(C)(C)C)c1I. The first kappa shape index (κ1) is 16.6. The van der Waals surface area contributed by atoms with Crippen LogP contribution in [0.1, 0.15) is 49.9 Å². The van der Waals surface area contributed by atoms with E-state index in [0.29, 0.717) is 6.42 Å². The van der Waals surface area contributed by atoms with Crippen molar-refractivity contribution >= 4 is 39.7 Å². The predicted molar refractivity (Wildman–Crippen MR) is 97.3 cm³/mol. The number of nitrogens with one attached hydrogen (secondary N) is 1. The number of nitrogens with zero attached hydrogens (tertiary/aromatic N) is 3. The van der Waals surface area contributed by atoms with Gasteiger partial charge in [-0.2, -0.15) is 0 Å². The third-order valence-electron chi connectivity index (χ3n) is 2.96. The highest BCUT2D eigenvalue weighted by Crippen LogP contribution is 2.29. The highest BCUT2D eigenvalue weighted by molar-refractivity contribution is 14.1. The second kappa shape index (κ2) is 6.56. The van der Waals surface area contributed by atoms with Crippen LogP contribution >= 0.6 is 33.9 Å². The fourth-order valence-corrected chi connectivity index (χ4v) is 3.86. The van der Waals surface area contributed by atoms with E-state index in [0.717, 1.165) is 38.2 Å². The molecule has 0 unspecified atom stereocenters. The minimum atomic E-state index is -0.00360. The molecule has 0 aromatic carbocycles. The van der Waals surface area contributed by atoms with Crippen LogP contribution in [0.5, 0.6) is 0 Å². The Balaban J connectivity index is 2.43. The van der Waals surface area contributed by atoms with Crippen LogP contribution in [0.3, 0.4) is 0 Å². The molecule has 2 aromatic rings. The third kappa shape index (κ3) is 4.12. The zero-order valence-corrected chi connectivity index (χ0v) is 16.1. The van der Waals surface area contributed by atoms with E-state index in [2.05, 4.69) is 71.0 Å². The van der Waals surface area contributed by atoms with Gasteiger partial charge in [0.2, 0.25) is 0 Å². The number of hydrogen-bond donors (Lipinski definition) is 1. The summed E-state index contributed by atoms with van der Waals surface area (Å²) in [7, 11) is 0. The van der Waals surface area contributed by atoms with E-state index in [1.165, 1.54) is 0 Å². The Morgan fingerprint density at radius 3 is 2.48 bits per heavy atom. The molecule has 0 aliphatic carbocycles. The Morgan fingerprint density at radius 2 is 1.95 bits per heavy atom. The number of aromatic nitrogens is 3. The fraction of sp³-hybridized carbons (Fsp3) is 0.533. The van der Waals surface area contributed by atoms with E-state index < -0.39 is 0 Å². The molecule has 21 heavy (non-hydrogen) atoms. The molecule has 114 valence electrons. The van der Waals surface area contributed by atoms with Gasteiger partial charge in [-0.05, 0) is 36.4 Å². The molecular formula is C15H21IN4S. The van der Waals surface area contributed by atoms with Crippen molar-refractivity contribution in [3.05, 3.63) is 31.2 Å². The van der Waals surface area contributed by atoms with Crippen molar-refractivity contribution in [2.45, 2.75) is 46.5 Å². The molecule has 0 saturated heterocycles. The van der Waals surface area contributed by atoms with Crippen molar-refractivity contribution in [3.63, 3.8) is 0 Å². The van der Waals surface area contributed by atoms with Crippen LogP contribution in [0.25, 0.3) is 0 Å². The van der Waals surface area contributed by atoms with Gasteiger partial charge in [0, 0.05) is 17.3 Å². The summed E-state index contributed by atoms with van der Waals surface area (Å²) in [4.78, 5) is 14.0. The summed E-state index contributed by atoms with van der Waals surface area (Å²) >= 11 is 4.01. The molecule has 0 aliphatic heterocycles. The topological polar surface area (TPSA) is 50.7 Å². The van der Waals surface area contributed by atoms with Crippen LogP contribution in [-0.4, -0.2) is 21.5 Å². The zero-order chi connectivity index (χ0) is 15.6. The van der Waals surface area contributed by atoms with Crippen molar-refractivity contribution in [2.24, 2.45) is 0 Å². The number of rotatable bonds is 4. The maximum Gasteiger partial charge on any atom is 0.143 e. The van der Waals surface area contributed by atoms with Gasteiger partial charge in [0.1, 0.15) is 11.6 Å². The van der Waals surface area contributed by atoms with Crippen LogP contribution < -0.4 is 5.32 Å². The van der Waals surface area contributed by atoms with E-state index in [9.17, 15) is 0 Å². The molecule has 1 N–H and O–H groups in total. The van der Waals surface area contributed by atoms with Gasteiger partial charge in [-0.1, -0.05) is 20.8 Å². The second-order valence-corrected chi connectivity index (χ2v) is 8.11. The molecule has 0 amide bonds. The molecule has 2 aromatic heterocycles. The van der Waals surface area contributed by atoms with Crippen LogP contribution in [-0.2, 0) is 11.8 Å². The Labute approximate surface area is 144 Å². The number of aryl methyl sites for hydroxylation is 1.